The zero-order valence-corrected chi connectivity index (χ0v) is 24.3. The van der Waals surface area contributed by atoms with Crippen LogP contribution in [0.2, 0.25) is 0 Å². The van der Waals surface area contributed by atoms with E-state index in [0.717, 1.165) is 60.8 Å². The maximum atomic E-state index is 14.7. The summed E-state index contributed by atoms with van der Waals surface area (Å²) in [6.45, 7) is 4.41. The Morgan fingerprint density at radius 2 is 2.05 bits per heavy atom. The summed E-state index contributed by atoms with van der Waals surface area (Å²) in [7, 11) is 2.16. The van der Waals surface area contributed by atoms with Gasteiger partial charge in [-0.2, -0.15) is 15.2 Å². The number of likely N-dealkylation sites (N-methyl/N-ethyl adjacent to an activating group) is 1. The number of hydrogen-bond acceptors (Lipinski definition) is 10. The number of nitrogen functional groups attached to an aromatic ring is 1. The van der Waals surface area contributed by atoms with Crippen molar-refractivity contribution in [1.29, 1.82) is 5.26 Å². The van der Waals surface area contributed by atoms with Gasteiger partial charge in [-0.1, -0.05) is 6.07 Å². The second-order valence-corrected chi connectivity index (χ2v) is 13.1. The third kappa shape index (κ3) is 5.12. The number of thiophene rings is 1. The fraction of sp³-hybridized carbons (Fsp3) is 0.567. The van der Waals surface area contributed by atoms with Gasteiger partial charge in [0, 0.05) is 59.3 Å². The molecular formula is C30H37FN8OS. The van der Waals surface area contributed by atoms with Gasteiger partial charge in [-0.15, -0.1) is 11.3 Å². The van der Waals surface area contributed by atoms with Crippen LogP contribution < -0.4 is 26.0 Å². The van der Waals surface area contributed by atoms with Crippen molar-refractivity contribution in [2.75, 3.05) is 50.5 Å². The molecule has 216 valence electrons. The summed E-state index contributed by atoms with van der Waals surface area (Å²) < 4.78 is 21.8. The van der Waals surface area contributed by atoms with Crippen LogP contribution in [-0.2, 0) is 19.3 Å². The number of rotatable bonds is 6. The molecule has 0 amide bonds. The van der Waals surface area contributed by atoms with E-state index in [9.17, 15) is 9.65 Å². The number of nitrogens with one attached hydrogen (secondary N) is 2. The molecule has 3 saturated heterocycles. The Labute approximate surface area is 243 Å². The van der Waals surface area contributed by atoms with Gasteiger partial charge in [0.1, 0.15) is 29.3 Å². The van der Waals surface area contributed by atoms with E-state index in [1.807, 2.05) is 6.07 Å². The molecule has 0 radical (unpaired) electrons. The molecule has 11 heteroatoms. The summed E-state index contributed by atoms with van der Waals surface area (Å²) in [4.78, 5) is 14.9. The normalized spacial score (nSPS) is 26.2. The summed E-state index contributed by atoms with van der Waals surface area (Å²) in [6.07, 6.45) is 6.99. The Morgan fingerprint density at radius 1 is 1.22 bits per heavy atom. The lowest BCUT2D eigenvalue weighted by Crippen LogP contribution is -2.51. The van der Waals surface area contributed by atoms with E-state index in [1.165, 1.54) is 42.2 Å². The van der Waals surface area contributed by atoms with Crippen molar-refractivity contribution >= 4 is 32.2 Å². The van der Waals surface area contributed by atoms with E-state index in [1.54, 1.807) is 0 Å². The van der Waals surface area contributed by atoms with Crippen molar-refractivity contribution in [2.45, 2.75) is 69.1 Å². The SMILES string of the molecule is CN1CCC[C@H]1COc1nc2c(c(N3CC4CCC(C3)N4)n1)CCNC(Cc1ccc(F)c3c(C#N)c(N)sc13)C2. The van der Waals surface area contributed by atoms with Crippen molar-refractivity contribution in [3.63, 3.8) is 0 Å². The van der Waals surface area contributed by atoms with Crippen LogP contribution in [0.15, 0.2) is 12.1 Å². The van der Waals surface area contributed by atoms with E-state index in [0.29, 0.717) is 54.0 Å². The Hall–Kier alpha value is -3.04. The minimum absolute atomic E-state index is 0.0922. The van der Waals surface area contributed by atoms with Crippen LogP contribution in [0.4, 0.5) is 15.2 Å². The Balaban J connectivity index is 1.20. The van der Waals surface area contributed by atoms with Crippen molar-refractivity contribution in [3.8, 4) is 12.1 Å². The van der Waals surface area contributed by atoms with Crippen LogP contribution in [0, 0.1) is 17.1 Å². The van der Waals surface area contributed by atoms with E-state index < -0.39 is 5.82 Å². The molecule has 4 aliphatic heterocycles. The van der Waals surface area contributed by atoms with Crippen LogP contribution in [0.25, 0.3) is 10.1 Å². The average molecular weight is 577 g/mol. The summed E-state index contributed by atoms with van der Waals surface area (Å²) >= 11 is 1.30. The molecule has 4 N–H and O–H groups in total. The maximum Gasteiger partial charge on any atom is 0.318 e. The predicted molar refractivity (Wildman–Crippen MR) is 159 cm³/mol. The molecule has 0 saturated carbocycles. The number of likely N-dealkylation sites (tertiary alicyclic amines) is 1. The molecule has 2 bridgehead atoms. The third-order valence-electron chi connectivity index (χ3n) is 9.37. The molecule has 3 fully saturated rings. The number of halogens is 1. The van der Waals surface area contributed by atoms with E-state index in [-0.39, 0.29) is 11.6 Å². The predicted octanol–water partition coefficient (Wildman–Crippen LogP) is 3.00. The Bertz CT molecular complexity index is 1490. The molecule has 4 aliphatic rings. The fourth-order valence-electron chi connectivity index (χ4n) is 7.20. The van der Waals surface area contributed by atoms with Crippen LogP contribution in [0.5, 0.6) is 6.01 Å². The summed E-state index contributed by atoms with van der Waals surface area (Å²) in [5.41, 5.74) is 9.58. The first kappa shape index (κ1) is 26.8. The zero-order chi connectivity index (χ0) is 28.1. The number of piperazine rings is 1. The van der Waals surface area contributed by atoms with Gasteiger partial charge >= 0.3 is 6.01 Å². The largest absolute Gasteiger partial charge is 0.462 e. The number of anilines is 2. The van der Waals surface area contributed by atoms with Gasteiger partial charge in [-0.05, 0) is 70.3 Å². The molecule has 3 unspecified atom stereocenters. The monoisotopic (exact) mass is 576 g/mol. The number of nitriles is 1. The Morgan fingerprint density at radius 3 is 2.80 bits per heavy atom. The second kappa shape index (κ2) is 11.0. The molecule has 0 aliphatic carbocycles. The lowest BCUT2D eigenvalue weighted by atomic mass is 9.98. The fourth-order valence-corrected chi connectivity index (χ4v) is 8.25. The summed E-state index contributed by atoms with van der Waals surface area (Å²) in [5.74, 6) is 0.629. The van der Waals surface area contributed by atoms with Gasteiger partial charge in [0.2, 0.25) is 0 Å². The summed E-state index contributed by atoms with van der Waals surface area (Å²) in [6, 6.07) is 7.34. The molecule has 7 rings (SSSR count). The maximum absolute atomic E-state index is 14.7. The van der Waals surface area contributed by atoms with Crippen molar-refractivity contribution in [3.05, 3.63) is 40.3 Å². The second-order valence-electron chi connectivity index (χ2n) is 12.1. The highest BCUT2D eigenvalue weighted by Gasteiger charge is 2.35. The van der Waals surface area contributed by atoms with Gasteiger partial charge in [0.05, 0.1) is 11.3 Å². The van der Waals surface area contributed by atoms with Crippen molar-refractivity contribution < 1.29 is 9.13 Å². The Kier molecular flexibility index (Phi) is 7.19. The number of fused-ring (bicyclic) bond motifs is 4. The third-order valence-corrected chi connectivity index (χ3v) is 10.5. The van der Waals surface area contributed by atoms with Gasteiger partial charge in [-0.25, -0.2) is 4.39 Å². The molecule has 3 aromatic rings. The highest BCUT2D eigenvalue weighted by atomic mass is 32.1. The van der Waals surface area contributed by atoms with Gasteiger partial charge in [0.25, 0.3) is 0 Å². The van der Waals surface area contributed by atoms with Crippen LogP contribution in [-0.4, -0.2) is 78.9 Å². The van der Waals surface area contributed by atoms with E-state index in [4.69, 9.17) is 20.4 Å². The minimum atomic E-state index is -0.399. The highest BCUT2D eigenvalue weighted by Crippen LogP contribution is 2.38. The van der Waals surface area contributed by atoms with Gasteiger partial charge < -0.3 is 30.9 Å². The molecule has 6 heterocycles. The first-order chi connectivity index (χ1) is 20.0. The molecule has 4 atom stereocenters. The molecular weight excluding hydrogens is 539 g/mol. The number of hydrogen-bond donors (Lipinski definition) is 3. The lowest BCUT2D eigenvalue weighted by molar-refractivity contribution is 0.187. The smallest absolute Gasteiger partial charge is 0.318 e. The van der Waals surface area contributed by atoms with Crippen LogP contribution >= 0.6 is 11.3 Å². The zero-order valence-electron chi connectivity index (χ0n) is 23.5. The molecule has 2 aromatic heterocycles. The van der Waals surface area contributed by atoms with Crippen molar-refractivity contribution in [1.82, 2.24) is 25.5 Å². The van der Waals surface area contributed by atoms with E-state index in [2.05, 4.69) is 33.6 Å². The first-order valence-corrected chi connectivity index (χ1v) is 15.6. The number of aromatic nitrogens is 2. The number of nitrogens with zero attached hydrogens (tertiary/aromatic N) is 5. The highest BCUT2D eigenvalue weighted by molar-refractivity contribution is 7.23. The van der Waals surface area contributed by atoms with Crippen molar-refractivity contribution in [2.24, 2.45) is 0 Å². The van der Waals surface area contributed by atoms with Gasteiger partial charge in [0.15, 0.2) is 0 Å². The quantitative estimate of drug-likeness (QED) is 0.407. The molecule has 0 spiro atoms. The van der Waals surface area contributed by atoms with Gasteiger partial charge in [-0.3, -0.25) is 0 Å². The van der Waals surface area contributed by atoms with Crippen LogP contribution in [0.3, 0.4) is 0 Å². The lowest BCUT2D eigenvalue weighted by Gasteiger charge is -2.35. The standard InChI is InChI=1S/C30H37FN8OS/c1-38-10-2-3-21(38)16-40-30-36-25-12-20(11-17-4-7-24(31)26-23(13-32)28(33)41-27(17)26)34-9-8-22(25)29(37-30)39-14-18-5-6-19(15-39)35-18/h4,7,18-21,34-35H,2-3,5-6,8-12,14-16,33H2,1H3/t18?,19?,20?,21-/m0/s1. The topological polar surface area (TPSA) is 115 Å². The molecule has 1 aromatic carbocycles. The van der Waals surface area contributed by atoms with E-state index >= 15 is 0 Å². The first-order valence-electron chi connectivity index (χ1n) is 14.8. The minimum Gasteiger partial charge on any atom is -0.462 e. The molecule has 9 nitrogen and oxygen atoms in total. The van der Waals surface area contributed by atoms with Crippen LogP contribution in [0.1, 0.15) is 48.1 Å². The molecule has 41 heavy (non-hydrogen) atoms. The number of ether oxygens (including phenoxy) is 1. The summed E-state index contributed by atoms with van der Waals surface area (Å²) in [5, 5.41) is 17.7. The number of benzene rings is 1. The number of nitrogens with two attached hydrogens (primary N) is 1. The average Bonchev–Trinajstić information content (AvgIpc) is 3.59.